The maximum absolute atomic E-state index is 10.5. The van der Waals surface area contributed by atoms with Gasteiger partial charge in [0.25, 0.3) is 0 Å². The van der Waals surface area contributed by atoms with E-state index in [-0.39, 0.29) is 5.41 Å². The molecule has 0 spiro atoms. The third kappa shape index (κ3) is 1.42. The average Bonchev–Trinajstić information content (AvgIpc) is 2.38. The van der Waals surface area contributed by atoms with E-state index in [4.69, 9.17) is 0 Å². The molecule has 3 rings (SSSR count). The van der Waals surface area contributed by atoms with E-state index in [0.717, 1.165) is 12.8 Å². The molecular formula is C16H20O. The van der Waals surface area contributed by atoms with Crippen molar-refractivity contribution >= 4 is 0 Å². The Bertz CT molecular complexity index is 424. The van der Waals surface area contributed by atoms with Gasteiger partial charge in [0.2, 0.25) is 0 Å². The Balaban J connectivity index is 1.99. The highest BCUT2D eigenvalue weighted by atomic mass is 16.3. The van der Waals surface area contributed by atoms with Gasteiger partial charge in [0.15, 0.2) is 0 Å². The molecule has 1 aromatic rings. The SMILES string of the molecule is C=C[C@@]1(O)C[C@]2(c3ccccc3)CCCC[C@@H]21. The molecule has 2 aliphatic rings. The minimum absolute atomic E-state index is 0.225. The minimum Gasteiger partial charge on any atom is -0.385 e. The lowest BCUT2D eigenvalue weighted by molar-refractivity contribution is -0.140. The van der Waals surface area contributed by atoms with Crippen molar-refractivity contribution < 1.29 is 5.11 Å². The maximum atomic E-state index is 10.5. The molecule has 90 valence electrons. The molecular weight excluding hydrogens is 208 g/mol. The molecule has 0 unspecified atom stereocenters. The fraction of sp³-hybridized carbons (Fsp3) is 0.500. The topological polar surface area (TPSA) is 20.2 Å². The van der Waals surface area contributed by atoms with Crippen molar-refractivity contribution in [2.75, 3.05) is 0 Å². The van der Waals surface area contributed by atoms with Crippen LogP contribution in [-0.4, -0.2) is 10.7 Å². The lowest BCUT2D eigenvalue weighted by atomic mass is 9.44. The van der Waals surface area contributed by atoms with Gasteiger partial charge in [0, 0.05) is 11.3 Å². The van der Waals surface area contributed by atoms with Gasteiger partial charge in [-0.2, -0.15) is 0 Å². The zero-order valence-corrected chi connectivity index (χ0v) is 10.2. The van der Waals surface area contributed by atoms with Gasteiger partial charge in [-0.1, -0.05) is 49.2 Å². The van der Waals surface area contributed by atoms with E-state index in [1.165, 1.54) is 24.8 Å². The molecule has 2 fully saturated rings. The van der Waals surface area contributed by atoms with E-state index in [1.807, 2.05) is 0 Å². The van der Waals surface area contributed by atoms with Gasteiger partial charge in [-0.15, -0.1) is 6.58 Å². The van der Waals surface area contributed by atoms with E-state index in [9.17, 15) is 5.11 Å². The zero-order valence-electron chi connectivity index (χ0n) is 10.2. The molecule has 1 heteroatoms. The summed E-state index contributed by atoms with van der Waals surface area (Å²) < 4.78 is 0. The molecule has 1 N–H and O–H groups in total. The van der Waals surface area contributed by atoms with Crippen LogP contribution in [0.2, 0.25) is 0 Å². The number of rotatable bonds is 2. The smallest absolute Gasteiger partial charge is 0.0870 e. The highest BCUT2D eigenvalue weighted by Crippen LogP contribution is 2.62. The summed E-state index contributed by atoms with van der Waals surface area (Å²) >= 11 is 0. The molecule has 0 radical (unpaired) electrons. The molecule has 2 saturated carbocycles. The third-order valence-electron chi connectivity index (χ3n) is 4.94. The summed E-state index contributed by atoms with van der Waals surface area (Å²) in [4.78, 5) is 0. The molecule has 0 amide bonds. The summed E-state index contributed by atoms with van der Waals surface area (Å²) in [7, 11) is 0. The molecule has 0 bridgehead atoms. The standard InChI is InChI=1S/C16H20O/c1-2-16(17)12-15(11-7-6-10-14(15)16)13-8-4-3-5-9-13/h2-5,8-9,14,17H,1,6-7,10-12H2/t14-,15-,16+/m0/s1. The van der Waals surface area contributed by atoms with Crippen molar-refractivity contribution in [2.24, 2.45) is 5.92 Å². The monoisotopic (exact) mass is 228 g/mol. The van der Waals surface area contributed by atoms with Crippen LogP contribution in [0.5, 0.6) is 0 Å². The van der Waals surface area contributed by atoms with Gasteiger partial charge < -0.3 is 5.11 Å². The molecule has 3 atom stereocenters. The highest BCUT2D eigenvalue weighted by molar-refractivity contribution is 5.36. The normalized spacial score (nSPS) is 40.2. The van der Waals surface area contributed by atoms with Crippen molar-refractivity contribution in [3.63, 3.8) is 0 Å². The van der Waals surface area contributed by atoms with Crippen LogP contribution in [0.1, 0.15) is 37.7 Å². The Hall–Kier alpha value is -1.08. The van der Waals surface area contributed by atoms with Gasteiger partial charge >= 0.3 is 0 Å². The Labute approximate surface area is 103 Å². The van der Waals surface area contributed by atoms with Crippen LogP contribution in [0.25, 0.3) is 0 Å². The number of hydrogen-bond donors (Lipinski definition) is 1. The molecule has 0 aromatic heterocycles. The summed E-state index contributed by atoms with van der Waals surface area (Å²) in [6.45, 7) is 3.82. The fourth-order valence-electron chi connectivity index (χ4n) is 4.11. The lowest BCUT2D eigenvalue weighted by Crippen LogP contribution is -2.64. The van der Waals surface area contributed by atoms with E-state index in [2.05, 4.69) is 36.9 Å². The van der Waals surface area contributed by atoms with Crippen LogP contribution >= 0.6 is 0 Å². The average molecular weight is 228 g/mol. The molecule has 0 saturated heterocycles. The molecule has 2 aliphatic carbocycles. The predicted molar refractivity (Wildman–Crippen MR) is 69.8 cm³/mol. The summed E-state index contributed by atoms with van der Waals surface area (Å²) in [5, 5.41) is 10.5. The number of hydrogen-bond acceptors (Lipinski definition) is 1. The largest absolute Gasteiger partial charge is 0.385 e. The third-order valence-corrected chi connectivity index (χ3v) is 4.94. The predicted octanol–water partition coefficient (Wildman–Crippen LogP) is 3.44. The minimum atomic E-state index is -0.615. The van der Waals surface area contributed by atoms with Crippen LogP contribution in [0.3, 0.4) is 0 Å². The number of benzene rings is 1. The second kappa shape index (κ2) is 3.71. The second-order valence-electron chi connectivity index (χ2n) is 5.69. The maximum Gasteiger partial charge on any atom is 0.0870 e. The Morgan fingerprint density at radius 2 is 2.00 bits per heavy atom. The second-order valence-corrected chi connectivity index (χ2v) is 5.69. The first-order valence-corrected chi connectivity index (χ1v) is 6.63. The van der Waals surface area contributed by atoms with Crippen LogP contribution in [0, 0.1) is 5.92 Å². The van der Waals surface area contributed by atoms with E-state index < -0.39 is 5.60 Å². The van der Waals surface area contributed by atoms with Gasteiger partial charge in [-0.05, 0) is 24.8 Å². The van der Waals surface area contributed by atoms with Crippen LogP contribution < -0.4 is 0 Å². The summed E-state index contributed by atoms with van der Waals surface area (Å²) in [5.74, 6) is 0.378. The Morgan fingerprint density at radius 1 is 1.24 bits per heavy atom. The number of aliphatic hydroxyl groups is 1. The molecule has 1 nitrogen and oxygen atoms in total. The van der Waals surface area contributed by atoms with E-state index >= 15 is 0 Å². The van der Waals surface area contributed by atoms with Crippen molar-refractivity contribution in [3.8, 4) is 0 Å². The zero-order chi connectivity index (χ0) is 11.9. The molecule has 1 aromatic carbocycles. The molecule has 0 heterocycles. The summed E-state index contributed by atoms with van der Waals surface area (Å²) in [5.41, 5.74) is 1.02. The summed E-state index contributed by atoms with van der Waals surface area (Å²) in [6, 6.07) is 10.7. The Morgan fingerprint density at radius 3 is 2.71 bits per heavy atom. The van der Waals surface area contributed by atoms with Gasteiger partial charge in [-0.25, -0.2) is 0 Å². The first-order chi connectivity index (χ1) is 8.21. The first-order valence-electron chi connectivity index (χ1n) is 6.63. The van der Waals surface area contributed by atoms with Crippen molar-refractivity contribution in [2.45, 2.75) is 43.1 Å². The molecule has 17 heavy (non-hydrogen) atoms. The van der Waals surface area contributed by atoms with Crippen LogP contribution in [-0.2, 0) is 5.41 Å². The van der Waals surface area contributed by atoms with Crippen molar-refractivity contribution in [1.29, 1.82) is 0 Å². The Kier molecular flexibility index (Phi) is 2.41. The van der Waals surface area contributed by atoms with Gasteiger partial charge in [0.1, 0.15) is 0 Å². The lowest BCUT2D eigenvalue weighted by Gasteiger charge is -2.62. The highest BCUT2D eigenvalue weighted by Gasteiger charge is 2.62. The fourth-order valence-corrected chi connectivity index (χ4v) is 4.11. The van der Waals surface area contributed by atoms with Crippen LogP contribution in [0.15, 0.2) is 43.0 Å². The van der Waals surface area contributed by atoms with Gasteiger partial charge in [0.05, 0.1) is 5.60 Å². The van der Waals surface area contributed by atoms with E-state index in [1.54, 1.807) is 6.08 Å². The van der Waals surface area contributed by atoms with Crippen LogP contribution in [0.4, 0.5) is 0 Å². The van der Waals surface area contributed by atoms with Gasteiger partial charge in [-0.3, -0.25) is 0 Å². The number of fused-ring (bicyclic) bond motifs is 1. The van der Waals surface area contributed by atoms with Crippen molar-refractivity contribution in [3.05, 3.63) is 48.6 Å². The molecule has 0 aliphatic heterocycles. The summed E-state index contributed by atoms with van der Waals surface area (Å²) in [6.07, 6.45) is 7.52. The quantitative estimate of drug-likeness (QED) is 0.769. The van der Waals surface area contributed by atoms with E-state index in [0.29, 0.717) is 5.92 Å². The van der Waals surface area contributed by atoms with Crippen molar-refractivity contribution in [1.82, 2.24) is 0 Å². The first kappa shape index (κ1) is 11.0.